The van der Waals surface area contributed by atoms with Crippen molar-refractivity contribution in [3.8, 4) is 11.8 Å². The first-order valence-electron chi connectivity index (χ1n) is 10.2. The van der Waals surface area contributed by atoms with Gasteiger partial charge in [-0.3, -0.25) is 14.2 Å². The maximum absolute atomic E-state index is 14.1. The quantitative estimate of drug-likeness (QED) is 0.285. The Balaban J connectivity index is 1.64. The molecule has 0 aliphatic rings. The highest BCUT2D eigenvalue weighted by Crippen LogP contribution is 2.24. The number of rotatable bonds is 6. The van der Waals surface area contributed by atoms with Gasteiger partial charge < -0.3 is 4.90 Å². The van der Waals surface area contributed by atoms with Gasteiger partial charge in [0.1, 0.15) is 5.82 Å². The summed E-state index contributed by atoms with van der Waals surface area (Å²) in [5.41, 5.74) is 1.46. The molecule has 0 atom stereocenters. The highest BCUT2D eigenvalue weighted by molar-refractivity contribution is 7.99. The predicted octanol–water partition coefficient (Wildman–Crippen LogP) is 4.80. The largest absolute Gasteiger partial charge is 0.341 e. The van der Waals surface area contributed by atoms with E-state index in [9.17, 15) is 14.0 Å². The molecule has 1 aromatic heterocycles. The Bertz CT molecular complexity index is 1460. The lowest BCUT2D eigenvalue weighted by molar-refractivity contribution is -0.127. The highest BCUT2D eigenvalue weighted by Gasteiger charge is 2.18. The van der Waals surface area contributed by atoms with Gasteiger partial charge in [0.15, 0.2) is 5.16 Å². The summed E-state index contributed by atoms with van der Waals surface area (Å²) in [5, 5.41) is 10.1. The zero-order valence-electron chi connectivity index (χ0n) is 18.0. The molecule has 3 aromatic carbocycles. The number of halogens is 2. The van der Waals surface area contributed by atoms with Crippen LogP contribution in [0.3, 0.4) is 0 Å². The SMILES string of the molecule is CN(Cc1c(F)cccc1Cl)C(=O)CSc1nc2ccccc2c(=O)n1-c1ccc(C#N)cc1. The van der Waals surface area contributed by atoms with E-state index in [0.717, 1.165) is 11.8 Å². The third kappa shape index (κ3) is 4.81. The number of aromatic nitrogens is 2. The lowest BCUT2D eigenvalue weighted by atomic mass is 10.2. The van der Waals surface area contributed by atoms with E-state index in [-0.39, 0.29) is 34.4 Å². The van der Waals surface area contributed by atoms with E-state index >= 15 is 0 Å². The average Bonchev–Trinajstić information content (AvgIpc) is 2.85. The van der Waals surface area contributed by atoms with Crippen LogP contribution >= 0.6 is 23.4 Å². The maximum Gasteiger partial charge on any atom is 0.266 e. The summed E-state index contributed by atoms with van der Waals surface area (Å²) in [5.74, 6) is -0.785. The van der Waals surface area contributed by atoms with E-state index in [1.165, 1.54) is 21.6 Å². The first-order chi connectivity index (χ1) is 16.4. The number of thioether (sulfide) groups is 1. The van der Waals surface area contributed by atoms with Gasteiger partial charge in [-0.05, 0) is 48.5 Å². The summed E-state index contributed by atoms with van der Waals surface area (Å²) >= 11 is 7.19. The minimum Gasteiger partial charge on any atom is -0.341 e. The van der Waals surface area contributed by atoms with E-state index in [1.807, 2.05) is 0 Å². The number of hydrogen-bond acceptors (Lipinski definition) is 5. The Hall–Kier alpha value is -3.67. The van der Waals surface area contributed by atoms with Crippen molar-refractivity contribution in [2.24, 2.45) is 0 Å². The van der Waals surface area contributed by atoms with Crippen LogP contribution in [0.2, 0.25) is 5.02 Å². The van der Waals surface area contributed by atoms with E-state index in [4.69, 9.17) is 16.9 Å². The fraction of sp³-hybridized carbons (Fsp3) is 0.120. The Morgan fingerprint density at radius 1 is 1.15 bits per heavy atom. The van der Waals surface area contributed by atoms with Gasteiger partial charge in [0.25, 0.3) is 5.56 Å². The predicted molar refractivity (Wildman–Crippen MR) is 131 cm³/mol. The van der Waals surface area contributed by atoms with Crippen molar-refractivity contribution >= 4 is 40.2 Å². The van der Waals surface area contributed by atoms with Crippen molar-refractivity contribution in [1.29, 1.82) is 5.26 Å². The second kappa shape index (κ2) is 10.1. The molecule has 0 bridgehead atoms. The third-order valence-electron chi connectivity index (χ3n) is 5.21. The number of benzene rings is 3. The zero-order chi connectivity index (χ0) is 24.2. The summed E-state index contributed by atoms with van der Waals surface area (Å²) in [6.45, 7) is 0.0124. The fourth-order valence-corrected chi connectivity index (χ4v) is 4.54. The van der Waals surface area contributed by atoms with Crippen LogP contribution in [0, 0.1) is 17.1 Å². The molecule has 0 radical (unpaired) electrons. The van der Waals surface area contributed by atoms with Gasteiger partial charge in [0.2, 0.25) is 5.91 Å². The Labute approximate surface area is 204 Å². The Morgan fingerprint density at radius 3 is 2.59 bits per heavy atom. The molecule has 0 spiro atoms. The van der Waals surface area contributed by atoms with Crippen molar-refractivity contribution in [1.82, 2.24) is 14.5 Å². The van der Waals surface area contributed by atoms with Crippen LogP contribution in [0.1, 0.15) is 11.1 Å². The van der Waals surface area contributed by atoms with Gasteiger partial charge >= 0.3 is 0 Å². The number of para-hydroxylation sites is 1. The molecule has 0 aliphatic heterocycles. The van der Waals surface area contributed by atoms with Crippen LogP contribution in [0.5, 0.6) is 0 Å². The number of carbonyl (C=O) groups is 1. The summed E-state index contributed by atoms with van der Waals surface area (Å²) in [4.78, 5) is 32.1. The molecule has 0 aliphatic carbocycles. The normalized spacial score (nSPS) is 10.8. The minimum atomic E-state index is -0.481. The first-order valence-corrected chi connectivity index (χ1v) is 11.6. The summed E-state index contributed by atoms with van der Waals surface area (Å²) in [7, 11) is 1.56. The maximum atomic E-state index is 14.1. The fourth-order valence-electron chi connectivity index (χ4n) is 3.37. The smallest absolute Gasteiger partial charge is 0.266 e. The van der Waals surface area contributed by atoms with Crippen LogP contribution in [-0.2, 0) is 11.3 Å². The summed E-state index contributed by atoms with van der Waals surface area (Å²) < 4.78 is 15.5. The van der Waals surface area contributed by atoms with Crippen LogP contribution in [0.15, 0.2) is 76.7 Å². The summed E-state index contributed by atoms with van der Waals surface area (Å²) in [6.07, 6.45) is 0. The van der Waals surface area contributed by atoms with Gasteiger partial charge in [-0.25, -0.2) is 9.37 Å². The standard InChI is InChI=1S/C25H18ClFN4O2S/c1-30(14-19-20(26)6-4-7-21(19)27)23(32)15-34-25-29-22-8-3-2-5-18(22)24(33)31(25)17-11-9-16(13-28)10-12-17/h2-12H,14-15H2,1H3. The molecule has 170 valence electrons. The molecule has 1 amide bonds. The summed E-state index contributed by atoms with van der Waals surface area (Å²) in [6, 6.07) is 19.9. The van der Waals surface area contributed by atoms with Crippen molar-refractivity contribution in [2.45, 2.75) is 11.7 Å². The molecule has 0 unspecified atom stereocenters. The lowest BCUT2D eigenvalue weighted by Crippen LogP contribution is -2.29. The van der Waals surface area contributed by atoms with E-state index in [2.05, 4.69) is 11.1 Å². The van der Waals surface area contributed by atoms with Crippen molar-refractivity contribution in [2.75, 3.05) is 12.8 Å². The van der Waals surface area contributed by atoms with Gasteiger partial charge in [-0.1, -0.05) is 41.6 Å². The number of nitrogens with zero attached hydrogens (tertiary/aromatic N) is 4. The lowest BCUT2D eigenvalue weighted by Gasteiger charge is -2.19. The van der Waals surface area contributed by atoms with E-state index < -0.39 is 5.82 Å². The second-order valence-corrected chi connectivity index (χ2v) is 8.80. The van der Waals surface area contributed by atoms with Crippen molar-refractivity contribution < 1.29 is 9.18 Å². The molecule has 4 rings (SSSR count). The number of amides is 1. The molecular formula is C25H18ClFN4O2S. The van der Waals surface area contributed by atoms with Gasteiger partial charge in [0.05, 0.1) is 34.0 Å². The van der Waals surface area contributed by atoms with Crippen LogP contribution in [-0.4, -0.2) is 33.2 Å². The molecule has 0 saturated carbocycles. The van der Waals surface area contributed by atoms with Crippen molar-refractivity contribution in [3.05, 3.63) is 99.1 Å². The number of nitriles is 1. The van der Waals surface area contributed by atoms with Crippen LogP contribution in [0.25, 0.3) is 16.6 Å². The van der Waals surface area contributed by atoms with Gasteiger partial charge in [-0.2, -0.15) is 5.26 Å². The minimum absolute atomic E-state index is 0.0124. The molecule has 0 N–H and O–H groups in total. The topological polar surface area (TPSA) is 79.0 Å². The Morgan fingerprint density at radius 2 is 1.88 bits per heavy atom. The molecule has 9 heteroatoms. The molecule has 34 heavy (non-hydrogen) atoms. The van der Waals surface area contributed by atoms with E-state index in [0.29, 0.717) is 27.3 Å². The number of carbonyl (C=O) groups excluding carboxylic acids is 1. The second-order valence-electron chi connectivity index (χ2n) is 7.45. The number of hydrogen-bond donors (Lipinski definition) is 0. The zero-order valence-corrected chi connectivity index (χ0v) is 19.6. The van der Waals surface area contributed by atoms with Gasteiger partial charge in [-0.15, -0.1) is 0 Å². The van der Waals surface area contributed by atoms with Crippen LogP contribution in [0.4, 0.5) is 4.39 Å². The molecular weight excluding hydrogens is 475 g/mol. The molecule has 0 saturated heterocycles. The van der Waals surface area contributed by atoms with Crippen molar-refractivity contribution in [3.63, 3.8) is 0 Å². The Kier molecular flexibility index (Phi) is 6.96. The first kappa shape index (κ1) is 23.5. The molecule has 0 fully saturated rings. The monoisotopic (exact) mass is 492 g/mol. The average molecular weight is 493 g/mol. The molecule has 4 aromatic rings. The van der Waals surface area contributed by atoms with Crippen LogP contribution < -0.4 is 5.56 Å². The third-order valence-corrected chi connectivity index (χ3v) is 6.48. The van der Waals surface area contributed by atoms with E-state index in [1.54, 1.807) is 61.6 Å². The number of fused-ring (bicyclic) bond motifs is 1. The molecule has 1 heterocycles. The highest BCUT2D eigenvalue weighted by atomic mass is 35.5. The van der Waals surface area contributed by atoms with Gasteiger partial charge in [0, 0.05) is 24.2 Å². The molecule has 6 nitrogen and oxygen atoms in total.